The smallest absolute Gasteiger partial charge is 0.344 e. The lowest BCUT2D eigenvalue weighted by molar-refractivity contribution is -0.149. The number of hydrogen-bond acceptors (Lipinski definition) is 6. The van der Waals surface area contributed by atoms with E-state index in [1.165, 1.54) is 32.3 Å². The fourth-order valence-corrected chi connectivity index (χ4v) is 3.47. The molecule has 9 heteroatoms. The van der Waals surface area contributed by atoms with Crippen molar-refractivity contribution < 1.29 is 27.5 Å². The lowest BCUT2D eigenvalue weighted by atomic mass is 9.87. The van der Waals surface area contributed by atoms with Crippen molar-refractivity contribution in [3.8, 4) is 5.75 Å². The van der Waals surface area contributed by atoms with E-state index < -0.39 is 28.5 Å². The van der Waals surface area contributed by atoms with Gasteiger partial charge in [0.25, 0.3) is 5.91 Å². The average Bonchev–Trinajstić information content (AvgIpc) is 2.70. The third kappa shape index (κ3) is 7.08. The first-order valence-electron chi connectivity index (χ1n) is 9.61. The molecular weight excluding hydrogens is 420 g/mol. The quantitative estimate of drug-likeness (QED) is 0.623. The molecular formula is C22H28N2O6S. The van der Waals surface area contributed by atoms with Crippen LogP contribution in [0.15, 0.2) is 53.4 Å². The fraction of sp³-hybridized carbons (Fsp3) is 0.364. The van der Waals surface area contributed by atoms with Gasteiger partial charge in [0.05, 0.1) is 4.90 Å². The molecule has 0 atom stereocenters. The average molecular weight is 449 g/mol. The van der Waals surface area contributed by atoms with Crippen molar-refractivity contribution in [1.82, 2.24) is 4.31 Å². The monoisotopic (exact) mass is 448 g/mol. The van der Waals surface area contributed by atoms with Crippen molar-refractivity contribution >= 4 is 27.6 Å². The molecule has 2 rings (SSSR count). The maximum absolute atomic E-state index is 12.2. The van der Waals surface area contributed by atoms with E-state index in [0.717, 1.165) is 9.87 Å². The van der Waals surface area contributed by atoms with Crippen LogP contribution in [0, 0.1) is 0 Å². The molecule has 0 unspecified atom stereocenters. The zero-order valence-electron chi connectivity index (χ0n) is 18.3. The van der Waals surface area contributed by atoms with E-state index in [9.17, 15) is 18.0 Å². The zero-order chi connectivity index (χ0) is 23.2. The van der Waals surface area contributed by atoms with E-state index in [1.54, 1.807) is 18.2 Å². The molecule has 0 saturated heterocycles. The molecule has 0 saturated carbocycles. The van der Waals surface area contributed by atoms with Crippen molar-refractivity contribution in [3.05, 3.63) is 54.1 Å². The molecule has 0 aliphatic heterocycles. The van der Waals surface area contributed by atoms with E-state index in [0.29, 0.717) is 5.75 Å². The summed E-state index contributed by atoms with van der Waals surface area (Å²) in [5.41, 5.74) is 1.43. The van der Waals surface area contributed by atoms with Crippen LogP contribution in [0.4, 0.5) is 5.69 Å². The summed E-state index contributed by atoms with van der Waals surface area (Å²) < 4.78 is 35.7. The van der Waals surface area contributed by atoms with Crippen molar-refractivity contribution in [2.45, 2.75) is 31.1 Å². The number of esters is 1. The number of ether oxygens (including phenoxy) is 2. The van der Waals surface area contributed by atoms with Crippen molar-refractivity contribution in [2.75, 3.05) is 32.6 Å². The van der Waals surface area contributed by atoms with Crippen molar-refractivity contribution in [2.24, 2.45) is 0 Å². The van der Waals surface area contributed by atoms with E-state index in [4.69, 9.17) is 9.47 Å². The summed E-state index contributed by atoms with van der Waals surface area (Å²) in [6.07, 6.45) is 0. The number of carbonyl (C=O) groups is 2. The van der Waals surface area contributed by atoms with E-state index in [1.807, 2.05) is 12.1 Å². The molecule has 0 spiro atoms. The summed E-state index contributed by atoms with van der Waals surface area (Å²) >= 11 is 0. The van der Waals surface area contributed by atoms with Crippen LogP contribution < -0.4 is 10.1 Å². The Balaban J connectivity index is 1.83. The number of hydrogen-bond donors (Lipinski definition) is 1. The second kappa shape index (κ2) is 9.93. The van der Waals surface area contributed by atoms with Crippen LogP contribution >= 0.6 is 0 Å². The highest BCUT2D eigenvalue weighted by Crippen LogP contribution is 2.24. The van der Waals surface area contributed by atoms with Crippen LogP contribution in [-0.2, 0) is 29.8 Å². The minimum Gasteiger partial charge on any atom is -0.482 e. The minimum atomic E-state index is -3.63. The van der Waals surface area contributed by atoms with Crippen LogP contribution in [0.1, 0.15) is 26.3 Å². The van der Waals surface area contributed by atoms with Gasteiger partial charge >= 0.3 is 5.97 Å². The molecule has 1 amide bonds. The highest BCUT2D eigenvalue weighted by Gasteiger charge is 2.18. The van der Waals surface area contributed by atoms with Gasteiger partial charge in [-0.25, -0.2) is 17.5 Å². The molecule has 0 heterocycles. The summed E-state index contributed by atoms with van der Waals surface area (Å²) in [4.78, 5) is 23.9. The molecule has 0 radical (unpaired) electrons. The van der Waals surface area contributed by atoms with Gasteiger partial charge in [0.1, 0.15) is 5.75 Å². The van der Waals surface area contributed by atoms with Crippen LogP contribution in [0.5, 0.6) is 5.75 Å². The minimum absolute atomic E-state index is 0.0149. The normalized spacial score (nSPS) is 11.8. The Hall–Kier alpha value is -2.91. The summed E-state index contributed by atoms with van der Waals surface area (Å²) in [6, 6.07) is 13.2. The van der Waals surface area contributed by atoms with Gasteiger partial charge in [-0.1, -0.05) is 39.0 Å². The van der Waals surface area contributed by atoms with E-state index in [2.05, 4.69) is 26.1 Å². The van der Waals surface area contributed by atoms with Crippen LogP contribution in [0.2, 0.25) is 0 Å². The Kier molecular flexibility index (Phi) is 7.80. The first-order valence-corrected chi connectivity index (χ1v) is 11.0. The number of carbonyl (C=O) groups excluding carboxylic acids is 2. The molecule has 0 aromatic heterocycles. The first kappa shape index (κ1) is 24.4. The SMILES string of the molecule is CN(C)S(=O)(=O)c1cccc(NC(=O)COC(=O)COc2ccc(C(C)(C)C)cc2)c1. The van der Waals surface area contributed by atoms with Gasteiger partial charge in [-0.3, -0.25) is 4.79 Å². The highest BCUT2D eigenvalue weighted by molar-refractivity contribution is 7.89. The second-order valence-corrected chi connectivity index (χ2v) is 10.2. The molecule has 0 fully saturated rings. The summed E-state index contributed by atoms with van der Waals surface area (Å²) in [5, 5.41) is 2.50. The number of anilines is 1. The lowest BCUT2D eigenvalue weighted by Gasteiger charge is -2.19. The van der Waals surface area contributed by atoms with Gasteiger partial charge < -0.3 is 14.8 Å². The first-order chi connectivity index (χ1) is 14.4. The third-order valence-corrected chi connectivity index (χ3v) is 6.15. The van der Waals surface area contributed by atoms with Gasteiger partial charge in [0.2, 0.25) is 10.0 Å². The molecule has 0 bridgehead atoms. The van der Waals surface area contributed by atoms with Gasteiger partial charge in [-0.2, -0.15) is 0 Å². The summed E-state index contributed by atoms with van der Waals surface area (Å²) in [7, 11) is -0.790. The van der Waals surface area contributed by atoms with Gasteiger partial charge in [-0.05, 0) is 41.3 Å². The number of rotatable bonds is 8. The summed E-state index contributed by atoms with van der Waals surface area (Å²) in [5.74, 6) is -0.769. The largest absolute Gasteiger partial charge is 0.482 e. The van der Waals surface area contributed by atoms with Crippen LogP contribution in [-0.4, -0.2) is 51.9 Å². The topological polar surface area (TPSA) is 102 Å². The van der Waals surface area contributed by atoms with Gasteiger partial charge in [-0.15, -0.1) is 0 Å². The molecule has 8 nitrogen and oxygen atoms in total. The predicted molar refractivity (Wildman–Crippen MR) is 118 cm³/mol. The lowest BCUT2D eigenvalue weighted by Crippen LogP contribution is -2.24. The number of sulfonamides is 1. The molecule has 1 N–H and O–H groups in total. The fourth-order valence-electron chi connectivity index (χ4n) is 2.52. The van der Waals surface area contributed by atoms with Gasteiger partial charge in [0.15, 0.2) is 13.2 Å². The summed E-state index contributed by atoms with van der Waals surface area (Å²) in [6.45, 7) is 5.45. The Morgan fingerprint density at radius 3 is 2.23 bits per heavy atom. The number of nitrogens with one attached hydrogen (secondary N) is 1. The van der Waals surface area contributed by atoms with Crippen LogP contribution in [0.3, 0.4) is 0 Å². The molecule has 2 aromatic rings. The standard InChI is InChI=1S/C22H28N2O6S/c1-22(2,3)16-9-11-18(12-10-16)29-15-21(26)30-14-20(25)23-17-7-6-8-19(13-17)31(27,28)24(4)5/h6-13H,14-15H2,1-5H3,(H,23,25). The van der Waals surface area contributed by atoms with Crippen molar-refractivity contribution in [3.63, 3.8) is 0 Å². The second-order valence-electron chi connectivity index (χ2n) is 8.09. The molecule has 0 aliphatic rings. The molecule has 2 aromatic carbocycles. The van der Waals surface area contributed by atoms with E-state index >= 15 is 0 Å². The molecule has 31 heavy (non-hydrogen) atoms. The third-order valence-electron chi connectivity index (χ3n) is 4.34. The maximum atomic E-state index is 12.2. The molecule has 168 valence electrons. The maximum Gasteiger partial charge on any atom is 0.344 e. The molecule has 0 aliphatic carbocycles. The van der Waals surface area contributed by atoms with Crippen LogP contribution in [0.25, 0.3) is 0 Å². The Labute approximate surface area is 183 Å². The number of amides is 1. The van der Waals surface area contributed by atoms with E-state index in [-0.39, 0.29) is 22.6 Å². The Bertz CT molecular complexity index is 1020. The number of nitrogens with zero attached hydrogens (tertiary/aromatic N) is 1. The Morgan fingerprint density at radius 1 is 1.00 bits per heavy atom. The van der Waals surface area contributed by atoms with Crippen molar-refractivity contribution in [1.29, 1.82) is 0 Å². The predicted octanol–water partition coefficient (Wildman–Crippen LogP) is 2.80. The number of benzene rings is 2. The zero-order valence-corrected chi connectivity index (χ0v) is 19.2. The highest BCUT2D eigenvalue weighted by atomic mass is 32.2. The Morgan fingerprint density at radius 2 is 1.65 bits per heavy atom. The van der Waals surface area contributed by atoms with Gasteiger partial charge in [0, 0.05) is 19.8 Å².